The number of nitrogens with one attached hydrogen (secondary N) is 2. The van der Waals surface area contributed by atoms with E-state index < -0.39 is 11.9 Å². The molecule has 0 fully saturated rings. The van der Waals surface area contributed by atoms with Gasteiger partial charge in [-0.05, 0) is 41.8 Å². The van der Waals surface area contributed by atoms with Crippen molar-refractivity contribution in [1.29, 1.82) is 0 Å². The second-order valence-corrected chi connectivity index (χ2v) is 6.32. The maximum atomic E-state index is 11.5. The highest BCUT2D eigenvalue weighted by atomic mass is 16.4. The van der Waals surface area contributed by atoms with Gasteiger partial charge in [-0.3, -0.25) is 9.59 Å². The minimum Gasteiger partial charge on any atom is -0.545 e. The zero-order chi connectivity index (χ0) is 21.6. The molecule has 0 bridgehead atoms. The lowest BCUT2D eigenvalue weighted by atomic mass is 9.99. The number of carbonyl (C=O) groups is 4. The van der Waals surface area contributed by atoms with E-state index in [-0.39, 0.29) is 53.6 Å². The van der Waals surface area contributed by atoms with Crippen molar-refractivity contribution in [2.24, 2.45) is 0 Å². The molecule has 2 aromatic carbocycles. The first-order valence-corrected chi connectivity index (χ1v) is 9.03. The predicted octanol–water partition coefficient (Wildman–Crippen LogP) is 0.701. The molecule has 152 valence electrons. The van der Waals surface area contributed by atoms with Gasteiger partial charge in [-0.2, -0.15) is 0 Å². The summed E-state index contributed by atoms with van der Waals surface area (Å²) in [6.07, 6.45) is 0.618. The number of carbonyl (C=O) groups excluding carboxylic acids is 4. The molecular formula is C21H20N2O6-2. The van der Waals surface area contributed by atoms with Gasteiger partial charge in [-0.25, -0.2) is 0 Å². The Morgan fingerprint density at radius 2 is 1.10 bits per heavy atom. The molecule has 0 aliphatic carbocycles. The largest absolute Gasteiger partial charge is 0.545 e. The summed E-state index contributed by atoms with van der Waals surface area (Å²) in [5.41, 5.74) is 1.08. The molecule has 8 nitrogen and oxygen atoms in total. The minimum absolute atomic E-state index is 0.133. The van der Waals surface area contributed by atoms with E-state index in [1.54, 1.807) is 26.0 Å². The van der Waals surface area contributed by atoms with Crippen molar-refractivity contribution >= 4 is 35.1 Å². The van der Waals surface area contributed by atoms with Crippen molar-refractivity contribution < 1.29 is 29.4 Å². The van der Waals surface area contributed by atoms with Crippen LogP contribution in [0.25, 0.3) is 0 Å². The topological polar surface area (TPSA) is 138 Å². The molecule has 2 rings (SSSR count). The Hall–Kier alpha value is -3.68. The van der Waals surface area contributed by atoms with Gasteiger partial charge in [0.25, 0.3) is 0 Å². The molecule has 8 heteroatoms. The van der Waals surface area contributed by atoms with E-state index in [1.165, 1.54) is 24.3 Å². The van der Waals surface area contributed by atoms with Crippen LogP contribution in [0.5, 0.6) is 0 Å². The van der Waals surface area contributed by atoms with Crippen molar-refractivity contribution in [3.05, 3.63) is 58.7 Å². The van der Waals surface area contributed by atoms with Gasteiger partial charge in [0.2, 0.25) is 11.8 Å². The van der Waals surface area contributed by atoms with Gasteiger partial charge in [-0.15, -0.1) is 0 Å². The summed E-state index contributed by atoms with van der Waals surface area (Å²) in [7, 11) is 0. The van der Waals surface area contributed by atoms with Crippen LogP contribution in [-0.2, 0) is 16.0 Å². The van der Waals surface area contributed by atoms with E-state index in [1.807, 2.05) is 0 Å². The van der Waals surface area contributed by atoms with Gasteiger partial charge in [-0.1, -0.05) is 26.0 Å². The molecule has 0 aromatic heterocycles. The molecule has 0 saturated heterocycles. The van der Waals surface area contributed by atoms with Crippen LogP contribution >= 0.6 is 0 Å². The molecule has 0 heterocycles. The van der Waals surface area contributed by atoms with Gasteiger partial charge in [0, 0.05) is 35.3 Å². The van der Waals surface area contributed by atoms with Gasteiger partial charge in [0.15, 0.2) is 0 Å². The van der Waals surface area contributed by atoms with Crippen molar-refractivity contribution in [2.45, 2.75) is 33.1 Å². The highest BCUT2D eigenvalue weighted by molar-refractivity contribution is 6.00. The quantitative estimate of drug-likeness (QED) is 0.673. The maximum absolute atomic E-state index is 11.5. The highest BCUT2D eigenvalue weighted by Crippen LogP contribution is 2.23. The molecule has 0 radical (unpaired) electrons. The summed E-state index contributed by atoms with van der Waals surface area (Å²) in [6.45, 7) is 3.29. The number of amides is 2. The molecule has 0 saturated carbocycles. The first-order chi connectivity index (χ1) is 13.7. The zero-order valence-electron chi connectivity index (χ0n) is 16.0. The van der Waals surface area contributed by atoms with Crippen LogP contribution in [-0.4, -0.2) is 23.8 Å². The van der Waals surface area contributed by atoms with Crippen LogP contribution in [0.3, 0.4) is 0 Å². The smallest absolute Gasteiger partial charge is 0.224 e. The molecule has 0 aliphatic heterocycles. The molecule has 0 spiro atoms. The Morgan fingerprint density at radius 3 is 1.41 bits per heavy atom. The molecular weight excluding hydrogens is 376 g/mol. The average Bonchev–Trinajstić information content (AvgIpc) is 2.69. The zero-order valence-corrected chi connectivity index (χ0v) is 16.0. The second-order valence-electron chi connectivity index (χ2n) is 6.32. The van der Waals surface area contributed by atoms with Gasteiger partial charge in [0.1, 0.15) is 0 Å². The molecule has 0 unspecified atom stereocenters. The van der Waals surface area contributed by atoms with Crippen LogP contribution in [0, 0.1) is 0 Å². The minimum atomic E-state index is -1.44. The summed E-state index contributed by atoms with van der Waals surface area (Å²) < 4.78 is 0. The lowest BCUT2D eigenvalue weighted by molar-refractivity contribution is -0.256. The Kier molecular flexibility index (Phi) is 7.08. The molecule has 0 atom stereocenters. The van der Waals surface area contributed by atoms with Crippen LogP contribution < -0.4 is 20.8 Å². The number of hydrogen-bond acceptors (Lipinski definition) is 6. The SMILES string of the molecule is CCC(=O)Nc1ccc(Cc2ccc(NC(=O)CC)c(C(=O)[O-])c2)cc1C(=O)[O-]. The van der Waals surface area contributed by atoms with Crippen LogP contribution in [0.2, 0.25) is 0 Å². The molecule has 29 heavy (non-hydrogen) atoms. The molecule has 2 N–H and O–H groups in total. The predicted molar refractivity (Wildman–Crippen MR) is 102 cm³/mol. The van der Waals surface area contributed by atoms with Gasteiger partial charge >= 0.3 is 0 Å². The lowest BCUT2D eigenvalue weighted by Crippen LogP contribution is -2.25. The Balaban J connectivity index is 2.33. The Morgan fingerprint density at radius 1 is 0.724 bits per heavy atom. The third-order valence-corrected chi connectivity index (χ3v) is 4.21. The highest BCUT2D eigenvalue weighted by Gasteiger charge is 2.11. The summed E-state index contributed by atoms with van der Waals surface area (Å²) in [5, 5.41) is 27.9. The fourth-order valence-corrected chi connectivity index (χ4v) is 2.67. The van der Waals surface area contributed by atoms with E-state index in [0.717, 1.165) is 0 Å². The summed E-state index contributed by atoms with van der Waals surface area (Å²) in [6, 6.07) is 8.91. The average molecular weight is 396 g/mol. The molecule has 0 aliphatic rings. The number of hydrogen-bond donors (Lipinski definition) is 2. The van der Waals surface area contributed by atoms with Crippen molar-refractivity contribution in [3.63, 3.8) is 0 Å². The standard InChI is InChI=1S/C21H22N2O6/c1-3-18(24)22-16-7-5-12(10-14(16)20(26)27)9-13-6-8-17(23-19(25)4-2)15(11-13)21(28)29/h5-8,10-11H,3-4,9H2,1-2H3,(H,22,24)(H,23,25)(H,26,27)(H,28,29)/p-2. The maximum Gasteiger partial charge on any atom is 0.224 e. The molecule has 2 aromatic rings. The third-order valence-electron chi connectivity index (χ3n) is 4.21. The monoisotopic (exact) mass is 396 g/mol. The number of aromatic carboxylic acids is 2. The van der Waals surface area contributed by atoms with Crippen LogP contribution in [0.1, 0.15) is 58.5 Å². The fourth-order valence-electron chi connectivity index (χ4n) is 2.67. The van der Waals surface area contributed by atoms with E-state index in [4.69, 9.17) is 0 Å². The first-order valence-electron chi connectivity index (χ1n) is 9.03. The van der Waals surface area contributed by atoms with E-state index in [9.17, 15) is 29.4 Å². The van der Waals surface area contributed by atoms with Crippen molar-refractivity contribution in [1.82, 2.24) is 0 Å². The normalized spacial score (nSPS) is 10.3. The lowest BCUT2D eigenvalue weighted by Gasteiger charge is -2.15. The Bertz CT molecular complexity index is 890. The van der Waals surface area contributed by atoms with Crippen molar-refractivity contribution in [3.8, 4) is 0 Å². The third kappa shape index (κ3) is 5.65. The Labute approximate surface area is 167 Å². The summed E-state index contributed by atoms with van der Waals surface area (Å²) >= 11 is 0. The summed E-state index contributed by atoms with van der Waals surface area (Å²) in [4.78, 5) is 45.9. The number of rotatable bonds is 8. The van der Waals surface area contributed by atoms with Gasteiger partial charge in [0.05, 0.1) is 11.9 Å². The fraction of sp³-hybridized carbons (Fsp3) is 0.238. The first kappa shape index (κ1) is 21.6. The number of carboxylic acids is 2. The van der Waals surface area contributed by atoms with E-state index >= 15 is 0 Å². The van der Waals surface area contributed by atoms with Gasteiger partial charge < -0.3 is 30.4 Å². The number of anilines is 2. The van der Waals surface area contributed by atoms with E-state index in [0.29, 0.717) is 11.1 Å². The van der Waals surface area contributed by atoms with Crippen LogP contribution in [0.4, 0.5) is 11.4 Å². The summed E-state index contributed by atoms with van der Waals surface area (Å²) in [5.74, 6) is -3.54. The second kappa shape index (κ2) is 9.50. The van der Waals surface area contributed by atoms with E-state index in [2.05, 4.69) is 10.6 Å². The molecule has 2 amide bonds. The van der Waals surface area contributed by atoms with Crippen LogP contribution in [0.15, 0.2) is 36.4 Å². The van der Waals surface area contributed by atoms with Crippen molar-refractivity contribution in [2.75, 3.05) is 10.6 Å². The number of carboxylic acid groups (broad SMARTS) is 2. The number of benzene rings is 2.